The van der Waals surface area contributed by atoms with E-state index in [1.807, 2.05) is 11.8 Å². The Balaban J connectivity index is 2.39. The lowest BCUT2D eigenvalue weighted by Gasteiger charge is -2.38. The van der Waals surface area contributed by atoms with E-state index in [1.54, 1.807) is 31.1 Å². The SMILES string of the molecule is Cc1ccc([N+](=O)[O-])cc1N1CCNCC1C(=O)N(C)C. The number of piperazine rings is 1. The van der Waals surface area contributed by atoms with Gasteiger partial charge in [-0.25, -0.2) is 0 Å². The second kappa shape index (κ2) is 6.09. The van der Waals surface area contributed by atoms with Gasteiger partial charge in [-0.3, -0.25) is 14.9 Å². The summed E-state index contributed by atoms with van der Waals surface area (Å²) in [5, 5.41) is 14.2. The van der Waals surface area contributed by atoms with Crippen molar-refractivity contribution in [1.29, 1.82) is 0 Å². The van der Waals surface area contributed by atoms with Gasteiger partial charge in [0.05, 0.1) is 4.92 Å². The minimum Gasteiger partial charge on any atom is -0.357 e. The number of nitrogens with zero attached hydrogens (tertiary/aromatic N) is 3. The lowest BCUT2D eigenvalue weighted by molar-refractivity contribution is -0.384. The number of anilines is 1. The molecule has 0 aliphatic carbocycles. The molecule has 1 N–H and O–H groups in total. The van der Waals surface area contributed by atoms with E-state index in [-0.39, 0.29) is 17.6 Å². The summed E-state index contributed by atoms with van der Waals surface area (Å²) in [5.41, 5.74) is 1.73. The van der Waals surface area contributed by atoms with Gasteiger partial charge in [0.25, 0.3) is 5.69 Å². The standard InChI is InChI=1S/C14H20N4O3/c1-10-4-5-11(18(20)21)8-12(10)17-7-6-15-9-13(17)14(19)16(2)3/h4-5,8,13,15H,6-7,9H2,1-3H3. The van der Waals surface area contributed by atoms with Crippen LogP contribution in [0.2, 0.25) is 0 Å². The third-order valence-corrected chi connectivity index (χ3v) is 3.68. The average molecular weight is 292 g/mol. The first-order valence-corrected chi connectivity index (χ1v) is 6.85. The summed E-state index contributed by atoms with van der Waals surface area (Å²) >= 11 is 0. The van der Waals surface area contributed by atoms with Crippen LogP contribution in [0.3, 0.4) is 0 Å². The smallest absolute Gasteiger partial charge is 0.271 e. The molecule has 0 spiro atoms. The Labute approximate surface area is 123 Å². The van der Waals surface area contributed by atoms with Crippen LogP contribution in [0.15, 0.2) is 18.2 Å². The molecule has 0 bridgehead atoms. The third-order valence-electron chi connectivity index (χ3n) is 3.68. The number of benzene rings is 1. The van der Waals surface area contributed by atoms with Crippen molar-refractivity contribution in [3.63, 3.8) is 0 Å². The molecule has 1 aromatic carbocycles. The van der Waals surface area contributed by atoms with Crippen LogP contribution in [0.5, 0.6) is 0 Å². The summed E-state index contributed by atoms with van der Waals surface area (Å²) < 4.78 is 0. The number of hydrogen-bond acceptors (Lipinski definition) is 5. The topological polar surface area (TPSA) is 78.7 Å². The molecule has 7 nitrogen and oxygen atoms in total. The van der Waals surface area contributed by atoms with Gasteiger partial charge in [-0.1, -0.05) is 6.07 Å². The van der Waals surface area contributed by atoms with Gasteiger partial charge in [0.15, 0.2) is 0 Å². The van der Waals surface area contributed by atoms with E-state index in [0.29, 0.717) is 13.1 Å². The van der Waals surface area contributed by atoms with E-state index in [9.17, 15) is 14.9 Å². The van der Waals surface area contributed by atoms with E-state index < -0.39 is 4.92 Å². The molecule has 1 fully saturated rings. The molecule has 1 atom stereocenters. The molecule has 1 aliphatic heterocycles. The highest BCUT2D eigenvalue weighted by atomic mass is 16.6. The summed E-state index contributed by atoms with van der Waals surface area (Å²) in [4.78, 5) is 26.4. The maximum atomic E-state index is 12.3. The molecule has 0 aromatic heterocycles. The largest absolute Gasteiger partial charge is 0.357 e. The highest BCUT2D eigenvalue weighted by molar-refractivity contribution is 5.86. The number of rotatable bonds is 3. The Bertz CT molecular complexity index is 559. The normalized spacial score (nSPS) is 18.4. The van der Waals surface area contributed by atoms with Crippen molar-refractivity contribution >= 4 is 17.3 Å². The summed E-state index contributed by atoms with van der Waals surface area (Å²) in [7, 11) is 3.44. The van der Waals surface area contributed by atoms with Crippen LogP contribution < -0.4 is 10.2 Å². The number of nitro benzene ring substituents is 1. The average Bonchev–Trinajstić information content (AvgIpc) is 2.46. The van der Waals surface area contributed by atoms with Crippen molar-refractivity contribution in [3.8, 4) is 0 Å². The first kappa shape index (κ1) is 15.2. The van der Waals surface area contributed by atoms with Crippen molar-refractivity contribution in [2.75, 3.05) is 38.6 Å². The van der Waals surface area contributed by atoms with Gasteiger partial charge >= 0.3 is 0 Å². The summed E-state index contributed by atoms with van der Waals surface area (Å²) in [6.45, 7) is 3.84. The fourth-order valence-corrected chi connectivity index (χ4v) is 2.53. The minimum absolute atomic E-state index is 0.00638. The van der Waals surface area contributed by atoms with Gasteiger partial charge < -0.3 is 15.1 Å². The first-order chi connectivity index (χ1) is 9.91. The molecule has 21 heavy (non-hydrogen) atoms. The zero-order valence-electron chi connectivity index (χ0n) is 12.5. The molecule has 7 heteroatoms. The molecule has 1 aromatic rings. The highest BCUT2D eigenvalue weighted by Crippen LogP contribution is 2.28. The number of hydrogen-bond donors (Lipinski definition) is 1. The highest BCUT2D eigenvalue weighted by Gasteiger charge is 2.31. The fourth-order valence-electron chi connectivity index (χ4n) is 2.53. The molecular formula is C14H20N4O3. The number of nitro groups is 1. The second-order valence-electron chi connectivity index (χ2n) is 5.37. The number of aryl methyl sites for hydroxylation is 1. The molecule has 2 rings (SSSR count). The first-order valence-electron chi connectivity index (χ1n) is 6.85. The number of likely N-dealkylation sites (N-methyl/N-ethyl adjacent to an activating group) is 1. The van der Waals surface area contributed by atoms with Crippen LogP contribution in [-0.2, 0) is 4.79 Å². The van der Waals surface area contributed by atoms with Gasteiger partial charge in [-0.2, -0.15) is 0 Å². The summed E-state index contributed by atoms with van der Waals surface area (Å²) in [6, 6.07) is 4.43. The monoisotopic (exact) mass is 292 g/mol. The lowest BCUT2D eigenvalue weighted by atomic mass is 10.1. The Morgan fingerprint density at radius 1 is 1.48 bits per heavy atom. The van der Waals surface area contributed by atoms with E-state index in [2.05, 4.69) is 5.32 Å². The minimum atomic E-state index is -0.409. The van der Waals surface area contributed by atoms with Crippen LogP contribution >= 0.6 is 0 Å². The van der Waals surface area contributed by atoms with Crippen LogP contribution in [0.1, 0.15) is 5.56 Å². The van der Waals surface area contributed by atoms with Crippen molar-refractivity contribution in [2.24, 2.45) is 0 Å². The molecule has 0 saturated carbocycles. The summed E-state index contributed by atoms with van der Waals surface area (Å²) in [5.74, 6) is -0.00638. The van der Waals surface area contributed by atoms with E-state index >= 15 is 0 Å². The van der Waals surface area contributed by atoms with Gasteiger partial charge in [0.2, 0.25) is 5.91 Å². The number of carbonyl (C=O) groups excluding carboxylic acids is 1. The Morgan fingerprint density at radius 3 is 2.81 bits per heavy atom. The fraction of sp³-hybridized carbons (Fsp3) is 0.500. The van der Waals surface area contributed by atoms with E-state index in [0.717, 1.165) is 17.8 Å². The molecule has 1 heterocycles. The van der Waals surface area contributed by atoms with E-state index in [1.165, 1.54) is 6.07 Å². The maximum Gasteiger partial charge on any atom is 0.271 e. The van der Waals surface area contributed by atoms with Crippen molar-refractivity contribution in [1.82, 2.24) is 10.2 Å². The lowest BCUT2D eigenvalue weighted by Crippen LogP contribution is -2.58. The Morgan fingerprint density at radius 2 is 2.19 bits per heavy atom. The zero-order valence-corrected chi connectivity index (χ0v) is 12.5. The number of amides is 1. The third kappa shape index (κ3) is 3.13. The van der Waals surface area contributed by atoms with Gasteiger partial charge in [-0.05, 0) is 12.5 Å². The predicted molar refractivity (Wildman–Crippen MR) is 80.5 cm³/mol. The molecule has 1 saturated heterocycles. The Hall–Kier alpha value is -2.15. The van der Waals surface area contributed by atoms with Gasteiger partial charge in [-0.15, -0.1) is 0 Å². The zero-order chi connectivity index (χ0) is 15.6. The number of nitrogens with one attached hydrogen (secondary N) is 1. The van der Waals surface area contributed by atoms with Gasteiger partial charge in [0, 0.05) is 51.5 Å². The molecule has 1 aliphatic rings. The summed E-state index contributed by atoms with van der Waals surface area (Å²) in [6.07, 6.45) is 0. The Kier molecular flexibility index (Phi) is 4.42. The molecular weight excluding hydrogens is 272 g/mol. The number of non-ortho nitro benzene ring substituents is 1. The quantitative estimate of drug-likeness (QED) is 0.657. The van der Waals surface area contributed by atoms with Crippen LogP contribution in [0.25, 0.3) is 0 Å². The van der Waals surface area contributed by atoms with E-state index in [4.69, 9.17) is 0 Å². The van der Waals surface area contributed by atoms with Crippen LogP contribution in [0, 0.1) is 17.0 Å². The van der Waals surface area contributed by atoms with Crippen molar-refractivity contribution in [3.05, 3.63) is 33.9 Å². The number of carbonyl (C=O) groups is 1. The van der Waals surface area contributed by atoms with Crippen LogP contribution in [0.4, 0.5) is 11.4 Å². The van der Waals surface area contributed by atoms with Gasteiger partial charge in [0.1, 0.15) is 6.04 Å². The molecule has 1 amide bonds. The molecule has 0 radical (unpaired) electrons. The second-order valence-corrected chi connectivity index (χ2v) is 5.37. The molecule has 1 unspecified atom stereocenters. The van der Waals surface area contributed by atoms with Crippen molar-refractivity contribution < 1.29 is 9.72 Å². The van der Waals surface area contributed by atoms with Crippen molar-refractivity contribution in [2.45, 2.75) is 13.0 Å². The van der Waals surface area contributed by atoms with Crippen LogP contribution in [-0.4, -0.2) is 55.5 Å². The predicted octanol–water partition coefficient (Wildman–Crippen LogP) is 0.770. The molecule has 114 valence electrons. The maximum absolute atomic E-state index is 12.3.